The Bertz CT molecular complexity index is 1800. The summed E-state index contributed by atoms with van der Waals surface area (Å²) in [5.41, 5.74) is 0. The molecule has 0 heterocycles. The van der Waals surface area contributed by atoms with Crippen molar-refractivity contribution >= 4 is 13.7 Å². The molecule has 0 aromatic rings. The van der Waals surface area contributed by atoms with Crippen LogP contribution in [0.2, 0.25) is 0 Å². The topological polar surface area (TPSA) is 108 Å². The highest BCUT2D eigenvalue weighted by Gasteiger charge is 2.23. The Balaban J connectivity index is 4.13. The molecule has 0 bridgehead atoms. The number of nitrogens with one attached hydrogen (secondary N) is 1. The van der Waals surface area contributed by atoms with E-state index in [4.69, 9.17) is 9.05 Å². The second kappa shape index (κ2) is 65.3. The monoisotopic (exact) mass is 1200 g/mol. The molecule has 2 N–H and O–H groups in total. The summed E-state index contributed by atoms with van der Waals surface area (Å²) in [5.74, 6) is -0.213. The minimum absolute atomic E-state index is 0.0131. The molecule has 1 amide bonds. The van der Waals surface area contributed by atoms with Gasteiger partial charge in [0.25, 0.3) is 7.82 Å². The fourth-order valence-electron chi connectivity index (χ4n) is 9.93. The number of aliphatic hydroxyl groups is 1. The molecule has 490 valence electrons. The molecule has 0 aliphatic carbocycles. The number of phosphoric ester groups is 1. The Hall–Kier alpha value is -3.10. The van der Waals surface area contributed by atoms with E-state index in [9.17, 15) is 19.4 Å². The van der Waals surface area contributed by atoms with Crippen molar-refractivity contribution in [2.45, 2.75) is 315 Å². The van der Waals surface area contributed by atoms with Gasteiger partial charge in [0.15, 0.2) is 0 Å². The van der Waals surface area contributed by atoms with E-state index < -0.39 is 26.6 Å². The first kappa shape index (κ1) is 81.9. The number of nitrogens with zero attached hydrogens (tertiary/aromatic N) is 1. The smallest absolute Gasteiger partial charge is 0.268 e. The molecule has 0 saturated carbocycles. The molecular formula is C76H135N2O6P. The normalized spacial score (nSPS) is 14.4. The van der Waals surface area contributed by atoms with Crippen LogP contribution >= 0.6 is 7.82 Å². The lowest BCUT2D eigenvalue weighted by Crippen LogP contribution is -2.45. The van der Waals surface area contributed by atoms with Crippen LogP contribution in [-0.2, 0) is 18.4 Å². The number of hydrogen-bond donors (Lipinski definition) is 2. The number of amides is 1. The van der Waals surface area contributed by atoms with Crippen LogP contribution < -0.4 is 10.2 Å². The van der Waals surface area contributed by atoms with Crippen molar-refractivity contribution in [1.82, 2.24) is 5.32 Å². The van der Waals surface area contributed by atoms with Crippen LogP contribution in [0.1, 0.15) is 303 Å². The van der Waals surface area contributed by atoms with Gasteiger partial charge >= 0.3 is 0 Å². The number of carbonyl (C=O) groups is 1. The first-order valence-corrected chi connectivity index (χ1v) is 36.9. The molecular weight excluding hydrogens is 1070 g/mol. The number of unbranched alkanes of at least 4 members (excludes halogenated alkanes) is 33. The summed E-state index contributed by atoms with van der Waals surface area (Å²) in [6.45, 7) is 4.53. The van der Waals surface area contributed by atoms with E-state index in [0.717, 1.165) is 89.9 Å². The predicted molar refractivity (Wildman–Crippen MR) is 371 cm³/mol. The molecule has 0 radical (unpaired) electrons. The fraction of sp³-hybridized carbons (Fsp3) is 0.724. The highest BCUT2D eigenvalue weighted by molar-refractivity contribution is 7.45. The number of phosphoric acid groups is 1. The molecule has 0 aliphatic rings. The zero-order chi connectivity index (χ0) is 61.9. The van der Waals surface area contributed by atoms with Gasteiger partial charge in [0, 0.05) is 6.42 Å². The first-order valence-electron chi connectivity index (χ1n) is 35.4. The lowest BCUT2D eigenvalue weighted by atomic mass is 10.0. The lowest BCUT2D eigenvalue weighted by Gasteiger charge is -2.29. The number of rotatable bonds is 64. The quantitative estimate of drug-likeness (QED) is 0.0272. The van der Waals surface area contributed by atoms with Crippen LogP contribution in [0.4, 0.5) is 0 Å². The first-order chi connectivity index (χ1) is 41.5. The summed E-state index contributed by atoms with van der Waals surface area (Å²) < 4.78 is 23.4. The van der Waals surface area contributed by atoms with E-state index >= 15 is 0 Å². The molecule has 0 aliphatic heterocycles. The van der Waals surface area contributed by atoms with Crippen LogP contribution in [0.25, 0.3) is 0 Å². The Morgan fingerprint density at radius 1 is 0.424 bits per heavy atom. The van der Waals surface area contributed by atoms with Crippen molar-refractivity contribution in [3.8, 4) is 0 Å². The molecule has 0 aromatic carbocycles. The third-order valence-corrected chi connectivity index (χ3v) is 16.3. The van der Waals surface area contributed by atoms with Crippen molar-refractivity contribution in [2.75, 3.05) is 40.9 Å². The largest absolute Gasteiger partial charge is 0.756 e. The highest BCUT2D eigenvalue weighted by Crippen LogP contribution is 2.38. The van der Waals surface area contributed by atoms with Crippen molar-refractivity contribution in [2.24, 2.45) is 0 Å². The molecule has 0 rings (SSSR count). The maximum Gasteiger partial charge on any atom is 0.268 e. The van der Waals surface area contributed by atoms with Gasteiger partial charge < -0.3 is 28.8 Å². The number of allylic oxidation sites excluding steroid dienone is 19. The Labute approximate surface area is 526 Å². The molecule has 8 nitrogen and oxygen atoms in total. The standard InChI is InChI=1S/C76H135N2O6P/c1-6-8-10-12-14-16-18-20-22-24-26-28-30-32-34-35-36-37-38-39-40-41-42-43-44-46-48-50-52-54-56-58-60-62-64-66-68-70-76(80)77-74(73-84-85(81,82)83-72-71-78(3,4)5)75(79)69-67-65-63-61-59-57-55-53-51-49-47-45-33-31-29-27-25-23-21-19-17-15-13-11-9-7-2/h8,10,14,16,20,22,26,28,32,34,36-37,39-40,51,53,59,61,67,69,74-75,79H,6-7,9,11-13,15,17-19,21,23-25,27,29-31,33,35,38,41-50,52,54-58,60,62-66,68,70-73H2,1-5H3,(H-,77,80,81,82)/b10-8-,16-14-,22-20-,28-26-,34-32-,37-36-,40-39-,53-51+,61-59+,69-67+. The van der Waals surface area contributed by atoms with Crippen LogP contribution in [0.3, 0.4) is 0 Å². The predicted octanol–water partition coefficient (Wildman–Crippen LogP) is 22.2. The molecule has 3 unspecified atom stereocenters. The van der Waals surface area contributed by atoms with Gasteiger partial charge in [-0.1, -0.05) is 315 Å². The molecule has 3 atom stereocenters. The summed E-state index contributed by atoms with van der Waals surface area (Å²) in [6.07, 6.45) is 97.5. The number of quaternary nitrogens is 1. The summed E-state index contributed by atoms with van der Waals surface area (Å²) in [4.78, 5) is 25.6. The Morgan fingerprint density at radius 2 is 0.729 bits per heavy atom. The minimum Gasteiger partial charge on any atom is -0.756 e. The second-order valence-electron chi connectivity index (χ2n) is 24.8. The van der Waals surface area contributed by atoms with Gasteiger partial charge in [-0.25, -0.2) is 0 Å². The Morgan fingerprint density at radius 3 is 1.09 bits per heavy atom. The maximum atomic E-state index is 13.0. The van der Waals surface area contributed by atoms with E-state index in [1.54, 1.807) is 6.08 Å². The second-order valence-corrected chi connectivity index (χ2v) is 26.2. The zero-order valence-corrected chi connectivity index (χ0v) is 56.9. The van der Waals surface area contributed by atoms with Gasteiger partial charge in [-0.15, -0.1) is 0 Å². The molecule has 0 saturated heterocycles. The average molecular weight is 1200 g/mol. The summed E-state index contributed by atoms with van der Waals surface area (Å²) >= 11 is 0. The van der Waals surface area contributed by atoms with Gasteiger partial charge in [0.2, 0.25) is 5.91 Å². The fourth-order valence-corrected chi connectivity index (χ4v) is 10.7. The van der Waals surface area contributed by atoms with Gasteiger partial charge in [-0.2, -0.15) is 0 Å². The summed E-state index contributed by atoms with van der Waals surface area (Å²) in [6, 6.07) is -0.918. The molecule has 0 fully saturated rings. The summed E-state index contributed by atoms with van der Waals surface area (Å²) in [5, 5.41) is 13.9. The van der Waals surface area contributed by atoms with Crippen LogP contribution in [0.15, 0.2) is 122 Å². The molecule has 9 heteroatoms. The lowest BCUT2D eigenvalue weighted by molar-refractivity contribution is -0.870. The molecule has 0 aromatic heterocycles. The highest BCUT2D eigenvalue weighted by atomic mass is 31.2. The van der Waals surface area contributed by atoms with E-state index in [1.807, 2.05) is 27.2 Å². The van der Waals surface area contributed by atoms with Crippen LogP contribution in [0.5, 0.6) is 0 Å². The van der Waals surface area contributed by atoms with E-state index in [2.05, 4.69) is 129 Å². The van der Waals surface area contributed by atoms with Gasteiger partial charge in [-0.3, -0.25) is 9.36 Å². The number of aliphatic hydroxyl groups excluding tert-OH is 1. The van der Waals surface area contributed by atoms with Crippen molar-refractivity contribution in [1.29, 1.82) is 0 Å². The molecule has 0 spiro atoms. The summed E-state index contributed by atoms with van der Waals surface area (Å²) in [7, 11) is 1.23. The Kier molecular flexibility index (Phi) is 63.0. The van der Waals surface area contributed by atoms with Crippen LogP contribution in [0, 0.1) is 0 Å². The van der Waals surface area contributed by atoms with E-state index in [1.165, 1.54) is 193 Å². The van der Waals surface area contributed by atoms with Crippen LogP contribution in [-0.4, -0.2) is 68.5 Å². The van der Waals surface area contributed by atoms with Crippen molar-refractivity contribution in [3.05, 3.63) is 122 Å². The van der Waals surface area contributed by atoms with Gasteiger partial charge in [0.05, 0.1) is 39.9 Å². The zero-order valence-electron chi connectivity index (χ0n) is 56.0. The SMILES string of the molecule is CC/C=C\C/C=C\C/C=C\C/C=C\C/C=C\C/C=C\C/C=C\CCCCCCCCCCCCCCCCCC(=O)NC(COP(=O)([O-])OCC[N+](C)(C)C)C(O)/C=C/CC/C=C/CC/C=C/CCCCCCCCCCCCCCCCCC. The minimum atomic E-state index is -4.62. The number of hydrogen-bond acceptors (Lipinski definition) is 6. The van der Waals surface area contributed by atoms with Gasteiger partial charge in [-0.05, 0) is 103 Å². The number of likely N-dealkylation sites (N-methyl/N-ethyl adjacent to an activating group) is 1. The third kappa shape index (κ3) is 68.3. The maximum absolute atomic E-state index is 13.0. The van der Waals surface area contributed by atoms with E-state index in [0.29, 0.717) is 17.4 Å². The third-order valence-electron chi connectivity index (χ3n) is 15.4. The van der Waals surface area contributed by atoms with Crippen molar-refractivity contribution < 1.29 is 32.9 Å². The van der Waals surface area contributed by atoms with Gasteiger partial charge in [0.1, 0.15) is 13.2 Å². The number of carbonyl (C=O) groups excluding carboxylic acids is 1. The molecule has 85 heavy (non-hydrogen) atoms. The average Bonchev–Trinajstić information content (AvgIpc) is 3.49. The van der Waals surface area contributed by atoms with Crippen molar-refractivity contribution in [3.63, 3.8) is 0 Å². The van der Waals surface area contributed by atoms with E-state index in [-0.39, 0.29) is 12.5 Å².